The van der Waals surface area contributed by atoms with Crippen molar-refractivity contribution in [1.82, 2.24) is 0 Å². The van der Waals surface area contributed by atoms with Gasteiger partial charge < -0.3 is 24.4 Å². The number of ether oxygens (including phenoxy) is 2. The number of aromatic hydroxyl groups is 1. The Hall–Kier alpha value is -5.23. The molecular formula is C33H28N2O4. The van der Waals surface area contributed by atoms with Crippen molar-refractivity contribution in [3.05, 3.63) is 127 Å². The van der Waals surface area contributed by atoms with Crippen LogP contribution in [-0.4, -0.2) is 25.6 Å². The molecule has 5 rings (SSSR count). The number of carbonyl (C=O) groups excluding carboxylic acids is 1. The fourth-order valence-corrected chi connectivity index (χ4v) is 4.41. The highest BCUT2D eigenvalue weighted by Gasteiger charge is 2.16. The Kier molecular flexibility index (Phi) is 7.46. The second-order valence-electron chi connectivity index (χ2n) is 8.81. The lowest BCUT2D eigenvalue weighted by atomic mass is 10.1. The summed E-state index contributed by atoms with van der Waals surface area (Å²) in [7, 11) is 3.29. The maximum atomic E-state index is 11.2. The SMILES string of the molecule is COc1ccc(N(c2ccc(O)cc2)c2ccc(N(c3ccc(C=O)cc3)c3ccc(OC)cc3)cc2)cc1. The lowest BCUT2D eigenvalue weighted by molar-refractivity contribution is 0.112. The van der Waals surface area contributed by atoms with Gasteiger partial charge in [0.05, 0.1) is 14.2 Å². The molecule has 0 aliphatic rings. The Labute approximate surface area is 227 Å². The number of rotatable bonds is 9. The third-order valence-electron chi connectivity index (χ3n) is 6.42. The number of phenols is 1. The molecule has 6 nitrogen and oxygen atoms in total. The number of hydrogen-bond acceptors (Lipinski definition) is 6. The Morgan fingerprint density at radius 1 is 0.487 bits per heavy atom. The van der Waals surface area contributed by atoms with Crippen LogP contribution in [0.1, 0.15) is 10.4 Å². The standard InChI is InChI=1S/C33H28N2O4/c1-38-32-19-13-29(14-20-32)34(25-5-3-24(23-36)4-6-25)26-7-9-27(10-8-26)35(28-11-17-31(37)18-12-28)30-15-21-33(39-2)22-16-30/h3-23,37H,1-2H3. The van der Waals surface area contributed by atoms with E-state index in [1.807, 2.05) is 84.9 Å². The van der Waals surface area contributed by atoms with Crippen LogP contribution in [0.4, 0.5) is 34.1 Å². The smallest absolute Gasteiger partial charge is 0.150 e. The lowest BCUT2D eigenvalue weighted by Crippen LogP contribution is -2.12. The van der Waals surface area contributed by atoms with E-state index in [2.05, 4.69) is 34.1 Å². The van der Waals surface area contributed by atoms with E-state index in [0.29, 0.717) is 5.56 Å². The maximum absolute atomic E-state index is 11.2. The van der Waals surface area contributed by atoms with Crippen LogP contribution in [0.5, 0.6) is 17.2 Å². The third kappa shape index (κ3) is 5.55. The summed E-state index contributed by atoms with van der Waals surface area (Å²) >= 11 is 0. The number of phenolic OH excluding ortho intramolecular Hbond substituents is 1. The summed E-state index contributed by atoms with van der Waals surface area (Å²) in [4.78, 5) is 15.5. The molecule has 5 aromatic carbocycles. The van der Waals surface area contributed by atoms with Gasteiger partial charge in [0.15, 0.2) is 0 Å². The molecular weight excluding hydrogens is 488 g/mol. The molecule has 0 heterocycles. The van der Waals surface area contributed by atoms with Crippen molar-refractivity contribution in [2.24, 2.45) is 0 Å². The molecule has 0 saturated carbocycles. The number of aldehydes is 1. The average Bonchev–Trinajstić information content (AvgIpc) is 3.00. The van der Waals surface area contributed by atoms with E-state index in [-0.39, 0.29) is 5.75 Å². The van der Waals surface area contributed by atoms with Crippen LogP contribution in [0.15, 0.2) is 121 Å². The van der Waals surface area contributed by atoms with Gasteiger partial charge in [0.2, 0.25) is 0 Å². The molecule has 0 spiro atoms. The van der Waals surface area contributed by atoms with Gasteiger partial charge in [-0.15, -0.1) is 0 Å². The fourth-order valence-electron chi connectivity index (χ4n) is 4.41. The van der Waals surface area contributed by atoms with Crippen LogP contribution in [0.2, 0.25) is 0 Å². The zero-order valence-electron chi connectivity index (χ0n) is 21.7. The zero-order valence-corrected chi connectivity index (χ0v) is 21.7. The topological polar surface area (TPSA) is 62.2 Å². The average molecular weight is 517 g/mol. The van der Waals surface area contributed by atoms with Crippen LogP contribution in [0, 0.1) is 0 Å². The van der Waals surface area contributed by atoms with E-state index in [4.69, 9.17) is 9.47 Å². The molecule has 0 aromatic heterocycles. The third-order valence-corrected chi connectivity index (χ3v) is 6.42. The molecule has 39 heavy (non-hydrogen) atoms. The molecule has 6 heteroatoms. The number of carbonyl (C=O) groups is 1. The van der Waals surface area contributed by atoms with Crippen LogP contribution >= 0.6 is 0 Å². The van der Waals surface area contributed by atoms with Crippen LogP contribution in [0.3, 0.4) is 0 Å². The van der Waals surface area contributed by atoms with E-state index in [1.54, 1.807) is 26.4 Å². The highest BCUT2D eigenvalue weighted by Crippen LogP contribution is 2.40. The van der Waals surface area contributed by atoms with Crippen molar-refractivity contribution in [2.75, 3.05) is 24.0 Å². The lowest BCUT2D eigenvalue weighted by Gasteiger charge is -2.28. The van der Waals surface area contributed by atoms with Gasteiger partial charge in [-0.1, -0.05) is 0 Å². The highest BCUT2D eigenvalue weighted by atomic mass is 16.5. The maximum Gasteiger partial charge on any atom is 0.150 e. The molecule has 0 atom stereocenters. The quantitative estimate of drug-likeness (QED) is 0.199. The zero-order chi connectivity index (χ0) is 27.2. The van der Waals surface area contributed by atoms with Crippen molar-refractivity contribution < 1.29 is 19.4 Å². The number of benzene rings is 5. The monoisotopic (exact) mass is 516 g/mol. The summed E-state index contributed by atoms with van der Waals surface area (Å²) in [5, 5.41) is 9.86. The number of methoxy groups -OCH3 is 2. The second kappa shape index (κ2) is 11.4. The minimum Gasteiger partial charge on any atom is -0.508 e. The van der Waals surface area contributed by atoms with Crippen LogP contribution in [-0.2, 0) is 0 Å². The Morgan fingerprint density at radius 3 is 1.08 bits per heavy atom. The first-order valence-electron chi connectivity index (χ1n) is 12.4. The molecule has 194 valence electrons. The summed E-state index contributed by atoms with van der Waals surface area (Å²) in [6.45, 7) is 0. The van der Waals surface area contributed by atoms with Gasteiger partial charge >= 0.3 is 0 Å². The Morgan fingerprint density at radius 2 is 0.769 bits per heavy atom. The molecule has 0 aliphatic heterocycles. The predicted octanol–water partition coefficient (Wildman–Crippen LogP) is 8.16. The summed E-state index contributed by atoms with van der Waals surface area (Å²) in [6.07, 6.45) is 0.841. The van der Waals surface area contributed by atoms with Gasteiger partial charge in [-0.2, -0.15) is 0 Å². The molecule has 0 aliphatic carbocycles. The molecule has 0 bridgehead atoms. The van der Waals surface area contributed by atoms with Crippen molar-refractivity contribution >= 4 is 40.4 Å². The van der Waals surface area contributed by atoms with E-state index in [1.165, 1.54) is 0 Å². The van der Waals surface area contributed by atoms with Gasteiger partial charge in [-0.3, -0.25) is 4.79 Å². The Balaban J connectivity index is 1.56. The first-order valence-corrected chi connectivity index (χ1v) is 12.4. The van der Waals surface area contributed by atoms with Gasteiger partial charge in [0.25, 0.3) is 0 Å². The van der Waals surface area contributed by atoms with Gasteiger partial charge in [0.1, 0.15) is 23.5 Å². The molecule has 0 saturated heterocycles. The molecule has 0 amide bonds. The molecule has 0 unspecified atom stereocenters. The largest absolute Gasteiger partial charge is 0.508 e. The normalized spacial score (nSPS) is 10.5. The summed E-state index contributed by atoms with van der Waals surface area (Å²) < 4.78 is 10.7. The van der Waals surface area contributed by atoms with Crippen molar-refractivity contribution in [2.45, 2.75) is 0 Å². The molecule has 1 N–H and O–H groups in total. The van der Waals surface area contributed by atoms with E-state index < -0.39 is 0 Å². The van der Waals surface area contributed by atoms with Crippen LogP contribution < -0.4 is 19.3 Å². The summed E-state index contributed by atoms with van der Waals surface area (Å²) in [5.74, 6) is 1.75. The van der Waals surface area contributed by atoms with E-state index in [9.17, 15) is 9.90 Å². The van der Waals surface area contributed by atoms with Gasteiger partial charge in [0, 0.05) is 39.7 Å². The minimum atomic E-state index is 0.208. The summed E-state index contributed by atoms with van der Waals surface area (Å²) in [6, 6.07) is 38.5. The van der Waals surface area contributed by atoms with Crippen molar-refractivity contribution in [1.29, 1.82) is 0 Å². The van der Waals surface area contributed by atoms with Gasteiger partial charge in [-0.05, 0) is 121 Å². The summed E-state index contributed by atoms with van der Waals surface area (Å²) in [5.41, 5.74) is 6.24. The van der Waals surface area contributed by atoms with Gasteiger partial charge in [-0.25, -0.2) is 0 Å². The van der Waals surface area contributed by atoms with Crippen molar-refractivity contribution in [3.63, 3.8) is 0 Å². The van der Waals surface area contributed by atoms with Crippen molar-refractivity contribution in [3.8, 4) is 17.2 Å². The van der Waals surface area contributed by atoms with Crippen LogP contribution in [0.25, 0.3) is 0 Å². The first kappa shape index (κ1) is 25.4. The number of anilines is 6. The minimum absolute atomic E-state index is 0.208. The van der Waals surface area contributed by atoms with E-state index in [0.717, 1.165) is 51.9 Å². The Bertz CT molecular complexity index is 1510. The predicted molar refractivity (Wildman–Crippen MR) is 156 cm³/mol. The first-order chi connectivity index (χ1) is 19.1. The molecule has 5 aromatic rings. The number of nitrogens with zero attached hydrogens (tertiary/aromatic N) is 2. The second-order valence-corrected chi connectivity index (χ2v) is 8.81. The van der Waals surface area contributed by atoms with E-state index >= 15 is 0 Å². The highest BCUT2D eigenvalue weighted by molar-refractivity contribution is 5.83. The molecule has 0 radical (unpaired) electrons. The number of hydrogen-bond donors (Lipinski definition) is 1. The fraction of sp³-hybridized carbons (Fsp3) is 0.0606. The molecule has 0 fully saturated rings.